The lowest BCUT2D eigenvalue weighted by molar-refractivity contribution is 0.290. The van der Waals surface area contributed by atoms with E-state index in [4.69, 9.17) is 19.6 Å². The summed E-state index contributed by atoms with van der Waals surface area (Å²) in [5.74, 6) is 2.38. The Hall–Kier alpha value is -2.01. The highest BCUT2D eigenvalue weighted by Crippen LogP contribution is 2.35. The molecule has 1 heterocycles. The van der Waals surface area contributed by atoms with Gasteiger partial charge in [0, 0.05) is 25.6 Å². The van der Waals surface area contributed by atoms with E-state index in [0.29, 0.717) is 6.42 Å². The second kappa shape index (κ2) is 6.63. The molecule has 5 nitrogen and oxygen atoms in total. The van der Waals surface area contributed by atoms with Gasteiger partial charge in [-0.2, -0.15) is 0 Å². The Morgan fingerprint density at radius 3 is 2.48 bits per heavy atom. The van der Waals surface area contributed by atoms with E-state index in [1.807, 2.05) is 37.1 Å². The number of rotatable bonds is 6. The number of anilines is 1. The summed E-state index contributed by atoms with van der Waals surface area (Å²) in [5, 5.41) is 9.92. The van der Waals surface area contributed by atoms with Crippen molar-refractivity contribution in [2.24, 2.45) is 0 Å². The van der Waals surface area contributed by atoms with Crippen LogP contribution in [0.5, 0.6) is 11.5 Å². The average Bonchev–Trinajstić information content (AvgIpc) is 2.51. The first-order chi connectivity index (χ1) is 10.1. The Bertz CT molecular complexity index is 628. The molecule has 0 aliphatic carbocycles. The number of methoxy groups -OCH3 is 2. The third-order valence-corrected chi connectivity index (χ3v) is 3.55. The normalized spacial score (nSPS) is 10.7. The van der Waals surface area contributed by atoms with Crippen LogP contribution in [0.25, 0.3) is 10.9 Å². The molecule has 0 atom stereocenters. The number of aromatic nitrogens is 1. The number of hydrogen-bond acceptors (Lipinski definition) is 5. The van der Waals surface area contributed by atoms with Gasteiger partial charge in [-0.05, 0) is 37.1 Å². The number of aliphatic hydroxyl groups is 1. The molecule has 0 bridgehead atoms. The molecule has 1 aromatic heterocycles. The third-order valence-electron chi connectivity index (χ3n) is 3.55. The van der Waals surface area contributed by atoms with E-state index in [9.17, 15) is 0 Å². The van der Waals surface area contributed by atoms with Crippen LogP contribution in [0.1, 0.15) is 12.0 Å². The Balaban J connectivity index is 2.58. The molecular weight excluding hydrogens is 268 g/mol. The van der Waals surface area contributed by atoms with Crippen molar-refractivity contribution in [1.82, 2.24) is 4.98 Å². The summed E-state index contributed by atoms with van der Waals surface area (Å²) >= 11 is 0. The number of aliphatic hydroxyl groups excluding tert-OH is 1. The van der Waals surface area contributed by atoms with Gasteiger partial charge in [-0.15, -0.1) is 0 Å². The van der Waals surface area contributed by atoms with Gasteiger partial charge >= 0.3 is 0 Å². The van der Waals surface area contributed by atoms with Crippen molar-refractivity contribution < 1.29 is 14.6 Å². The molecule has 5 heteroatoms. The summed E-state index contributed by atoms with van der Waals surface area (Å²) in [6.45, 7) is 2.96. The molecule has 0 saturated carbocycles. The maximum absolute atomic E-state index is 8.96. The lowest BCUT2D eigenvalue weighted by Gasteiger charge is -2.20. The Morgan fingerprint density at radius 1 is 1.19 bits per heavy atom. The molecule has 0 aliphatic heterocycles. The second-order valence-electron chi connectivity index (χ2n) is 4.99. The van der Waals surface area contributed by atoms with E-state index in [1.165, 1.54) is 0 Å². The fourth-order valence-corrected chi connectivity index (χ4v) is 2.41. The lowest BCUT2D eigenvalue weighted by atomic mass is 10.1. The molecule has 2 aromatic rings. The van der Waals surface area contributed by atoms with Gasteiger partial charge in [0.05, 0.1) is 14.2 Å². The maximum atomic E-state index is 8.96. The quantitative estimate of drug-likeness (QED) is 0.885. The zero-order valence-electron chi connectivity index (χ0n) is 13.0. The Kier molecular flexibility index (Phi) is 4.85. The largest absolute Gasteiger partial charge is 0.496 e. The van der Waals surface area contributed by atoms with Crippen molar-refractivity contribution in [3.05, 3.63) is 23.8 Å². The number of aryl methyl sites for hydroxylation is 1. The van der Waals surface area contributed by atoms with Crippen LogP contribution in [0.15, 0.2) is 18.2 Å². The van der Waals surface area contributed by atoms with Gasteiger partial charge < -0.3 is 19.5 Å². The zero-order valence-corrected chi connectivity index (χ0v) is 13.0. The van der Waals surface area contributed by atoms with E-state index in [1.54, 1.807) is 14.2 Å². The first-order valence-electron chi connectivity index (χ1n) is 6.96. The molecular formula is C16H22N2O3. The van der Waals surface area contributed by atoms with Crippen LogP contribution in [0.2, 0.25) is 0 Å². The number of ether oxygens (including phenoxy) is 2. The molecule has 1 N–H and O–H groups in total. The van der Waals surface area contributed by atoms with Gasteiger partial charge in [-0.3, -0.25) is 0 Å². The van der Waals surface area contributed by atoms with E-state index >= 15 is 0 Å². The minimum Gasteiger partial charge on any atom is -0.496 e. The first-order valence-corrected chi connectivity index (χ1v) is 6.96. The summed E-state index contributed by atoms with van der Waals surface area (Å²) in [6, 6.07) is 5.79. The van der Waals surface area contributed by atoms with Gasteiger partial charge in [0.15, 0.2) is 0 Å². The highest BCUT2D eigenvalue weighted by Gasteiger charge is 2.14. The summed E-state index contributed by atoms with van der Waals surface area (Å²) < 4.78 is 10.9. The summed E-state index contributed by atoms with van der Waals surface area (Å²) in [7, 11) is 5.26. The van der Waals surface area contributed by atoms with Gasteiger partial charge in [0.25, 0.3) is 0 Å². The van der Waals surface area contributed by atoms with Crippen molar-refractivity contribution >= 4 is 16.7 Å². The van der Waals surface area contributed by atoms with E-state index in [2.05, 4.69) is 0 Å². The molecule has 0 radical (unpaired) electrons. The van der Waals surface area contributed by atoms with Crippen LogP contribution in [0.3, 0.4) is 0 Å². The molecule has 0 spiro atoms. The fourth-order valence-electron chi connectivity index (χ4n) is 2.41. The average molecular weight is 290 g/mol. The van der Waals surface area contributed by atoms with Crippen LogP contribution in [0, 0.1) is 6.92 Å². The maximum Gasteiger partial charge on any atom is 0.145 e. The fraction of sp³-hybridized carbons (Fsp3) is 0.438. The van der Waals surface area contributed by atoms with Crippen LogP contribution in [-0.2, 0) is 0 Å². The van der Waals surface area contributed by atoms with Crippen molar-refractivity contribution in [2.45, 2.75) is 13.3 Å². The lowest BCUT2D eigenvalue weighted by Crippen LogP contribution is -2.20. The topological polar surface area (TPSA) is 54.8 Å². The molecule has 114 valence electrons. The van der Waals surface area contributed by atoms with Crippen LogP contribution in [-0.4, -0.2) is 44.5 Å². The first kappa shape index (κ1) is 15.4. The predicted octanol–water partition coefficient (Wildman–Crippen LogP) is 2.38. The number of fused-ring (bicyclic) bond motifs is 1. The molecule has 0 unspecified atom stereocenters. The molecule has 0 fully saturated rings. The van der Waals surface area contributed by atoms with Crippen LogP contribution >= 0.6 is 0 Å². The minimum atomic E-state index is 0.175. The summed E-state index contributed by atoms with van der Waals surface area (Å²) in [6.07, 6.45) is 0.713. The van der Waals surface area contributed by atoms with Gasteiger partial charge in [0.1, 0.15) is 22.8 Å². The molecule has 0 saturated heterocycles. The molecule has 2 rings (SSSR count). The predicted molar refractivity (Wildman–Crippen MR) is 84.6 cm³/mol. The Labute approximate surface area is 125 Å². The molecule has 0 aliphatic rings. The third kappa shape index (κ3) is 3.03. The van der Waals surface area contributed by atoms with Crippen molar-refractivity contribution in [3.8, 4) is 11.5 Å². The summed E-state index contributed by atoms with van der Waals surface area (Å²) in [4.78, 5) is 6.74. The highest BCUT2D eigenvalue weighted by atomic mass is 16.5. The monoisotopic (exact) mass is 290 g/mol. The number of pyridine rings is 1. The standard InChI is InChI=1S/C16H22N2O3/c1-11-10-14(18(2)8-5-9-19)17-16-13(21-4)7-6-12(20-3)15(11)16/h6-7,10,19H,5,8-9H2,1-4H3. The Morgan fingerprint density at radius 2 is 1.86 bits per heavy atom. The van der Waals surface area contributed by atoms with Crippen LogP contribution in [0.4, 0.5) is 5.82 Å². The van der Waals surface area contributed by atoms with Crippen LogP contribution < -0.4 is 14.4 Å². The number of nitrogens with zero attached hydrogens (tertiary/aromatic N) is 2. The number of benzene rings is 1. The van der Waals surface area contributed by atoms with Crippen molar-refractivity contribution in [3.63, 3.8) is 0 Å². The minimum absolute atomic E-state index is 0.175. The second-order valence-corrected chi connectivity index (χ2v) is 4.99. The van der Waals surface area contributed by atoms with E-state index in [0.717, 1.165) is 40.3 Å². The van der Waals surface area contributed by atoms with Gasteiger partial charge in [0.2, 0.25) is 0 Å². The van der Waals surface area contributed by atoms with E-state index < -0.39 is 0 Å². The van der Waals surface area contributed by atoms with Crippen molar-refractivity contribution in [1.29, 1.82) is 0 Å². The number of hydrogen-bond donors (Lipinski definition) is 1. The summed E-state index contributed by atoms with van der Waals surface area (Å²) in [5.41, 5.74) is 1.88. The van der Waals surface area contributed by atoms with Gasteiger partial charge in [-0.25, -0.2) is 4.98 Å². The highest BCUT2D eigenvalue weighted by molar-refractivity contribution is 5.94. The SMILES string of the molecule is COc1ccc(OC)c2c(C)cc(N(C)CCCO)nc12. The molecule has 21 heavy (non-hydrogen) atoms. The zero-order chi connectivity index (χ0) is 15.4. The van der Waals surface area contributed by atoms with Crippen molar-refractivity contribution in [2.75, 3.05) is 39.3 Å². The smallest absolute Gasteiger partial charge is 0.145 e. The molecule has 1 aromatic carbocycles. The van der Waals surface area contributed by atoms with E-state index in [-0.39, 0.29) is 6.61 Å². The molecule has 0 amide bonds. The van der Waals surface area contributed by atoms with Gasteiger partial charge in [-0.1, -0.05) is 0 Å².